The molecule has 0 aliphatic heterocycles. The Kier molecular flexibility index (Phi) is 6.20. The third kappa shape index (κ3) is 4.93. The van der Waals surface area contributed by atoms with Crippen molar-refractivity contribution in [1.82, 2.24) is 4.57 Å². The number of benzene rings is 2. The molecule has 0 spiro atoms. The van der Waals surface area contributed by atoms with E-state index in [1.54, 1.807) is 58.6 Å². The molecule has 5 nitrogen and oxygen atoms in total. The molecule has 0 saturated heterocycles. The molecule has 0 aliphatic rings. The van der Waals surface area contributed by atoms with Gasteiger partial charge in [-0.15, -0.1) is 23.1 Å². The van der Waals surface area contributed by atoms with Crippen LogP contribution in [0.2, 0.25) is 0 Å². The van der Waals surface area contributed by atoms with Gasteiger partial charge in [0.1, 0.15) is 5.82 Å². The molecule has 2 N–H and O–H groups in total. The third-order valence-electron chi connectivity index (χ3n) is 3.64. The van der Waals surface area contributed by atoms with Gasteiger partial charge in [-0.2, -0.15) is 4.99 Å². The quantitative estimate of drug-likeness (QED) is 0.645. The lowest BCUT2D eigenvalue weighted by atomic mass is 10.2. The van der Waals surface area contributed by atoms with Crippen LogP contribution in [0, 0.1) is 5.82 Å². The molecule has 0 radical (unpaired) electrons. The maximum absolute atomic E-state index is 13.9. The maximum atomic E-state index is 13.9. The summed E-state index contributed by atoms with van der Waals surface area (Å²) in [5.74, 6) is -1.11. The normalized spacial score (nSPS) is 11.5. The van der Waals surface area contributed by atoms with E-state index in [1.807, 2.05) is 0 Å². The monoisotopic (exact) mass is 401 g/mol. The van der Waals surface area contributed by atoms with Crippen molar-refractivity contribution in [3.63, 3.8) is 0 Å². The molecule has 2 aromatic carbocycles. The van der Waals surface area contributed by atoms with Crippen LogP contribution >= 0.6 is 23.1 Å². The molecule has 138 valence electrons. The van der Waals surface area contributed by atoms with Gasteiger partial charge in [-0.3, -0.25) is 9.59 Å². The first-order valence-corrected chi connectivity index (χ1v) is 9.87. The van der Waals surface area contributed by atoms with Crippen molar-refractivity contribution < 1.29 is 14.0 Å². The zero-order valence-corrected chi connectivity index (χ0v) is 15.8. The van der Waals surface area contributed by atoms with E-state index in [2.05, 4.69) is 4.99 Å². The second-order valence-electron chi connectivity index (χ2n) is 5.57. The average Bonchev–Trinajstić information content (AvgIpc) is 3.08. The van der Waals surface area contributed by atoms with Crippen molar-refractivity contribution in [2.45, 2.75) is 11.4 Å². The maximum Gasteiger partial charge on any atom is 0.280 e. The van der Waals surface area contributed by atoms with E-state index in [0.29, 0.717) is 20.8 Å². The Morgan fingerprint density at radius 3 is 2.67 bits per heavy atom. The Bertz CT molecular complexity index is 1040. The highest BCUT2D eigenvalue weighted by Crippen LogP contribution is 2.23. The number of aromatic nitrogens is 1. The number of amides is 2. The number of nitrogens with zero attached hydrogens (tertiary/aromatic N) is 2. The van der Waals surface area contributed by atoms with Crippen molar-refractivity contribution in [3.8, 4) is 0 Å². The van der Waals surface area contributed by atoms with Gasteiger partial charge in [-0.25, -0.2) is 4.39 Å². The molecule has 27 heavy (non-hydrogen) atoms. The fourth-order valence-electron chi connectivity index (χ4n) is 2.38. The lowest BCUT2D eigenvalue weighted by Gasteiger charge is -2.06. The fraction of sp³-hybridized carbons (Fsp3) is 0.105. The Labute approximate surface area is 163 Å². The summed E-state index contributed by atoms with van der Waals surface area (Å²) in [5.41, 5.74) is 6.09. The van der Waals surface area contributed by atoms with Crippen molar-refractivity contribution in [1.29, 1.82) is 0 Å². The van der Waals surface area contributed by atoms with Gasteiger partial charge in [-0.05, 0) is 18.2 Å². The summed E-state index contributed by atoms with van der Waals surface area (Å²) in [6.45, 7) is 0.278. The standard InChI is InChI=1S/C19H16FN3O2S2/c20-15-7-3-1-5-13(15)11-23-9-10-26-19(23)22-18(25)14-6-2-4-8-16(14)27-12-17(21)24/h1-10H,11-12H2,(H2,21,24). The van der Waals surface area contributed by atoms with Crippen LogP contribution in [0.25, 0.3) is 0 Å². The SMILES string of the molecule is NC(=O)CSc1ccccc1C(=O)N=c1sccn1Cc1ccccc1F. The highest BCUT2D eigenvalue weighted by atomic mass is 32.2. The van der Waals surface area contributed by atoms with E-state index < -0.39 is 11.8 Å². The number of nitrogens with two attached hydrogens (primary N) is 1. The molecule has 3 rings (SSSR count). The predicted molar refractivity (Wildman–Crippen MR) is 104 cm³/mol. The van der Waals surface area contributed by atoms with E-state index in [4.69, 9.17) is 5.73 Å². The van der Waals surface area contributed by atoms with Crippen LogP contribution < -0.4 is 10.5 Å². The Morgan fingerprint density at radius 1 is 1.15 bits per heavy atom. The summed E-state index contributed by atoms with van der Waals surface area (Å²) in [4.78, 5) is 29.0. The predicted octanol–water partition coefficient (Wildman–Crippen LogP) is 3.06. The van der Waals surface area contributed by atoms with Gasteiger partial charge in [0.2, 0.25) is 5.91 Å². The molecule has 1 heterocycles. The number of carbonyl (C=O) groups is 2. The molecular formula is C19H16FN3O2S2. The second kappa shape index (κ2) is 8.79. The molecule has 1 aromatic heterocycles. The minimum Gasteiger partial charge on any atom is -0.369 e. The molecule has 2 amide bonds. The Morgan fingerprint density at radius 2 is 1.89 bits per heavy atom. The smallest absolute Gasteiger partial charge is 0.280 e. The summed E-state index contributed by atoms with van der Waals surface area (Å²) in [6, 6.07) is 13.4. The highest BCUT2D eigenvalue weighted by molar-refractivity contribution is 8.00. The number of thioether (sulfide) groups is 1. The highest BCUT2D eigenvalue weighted by Gasteiger charge is 2.12. The topological polar surface area (TPSA) is 77.5 Å². The fourth-order valence-corrected chi connectivity index (χ4v) is 3.89. The second-order valence-corrected chi connectivity index (χ2v) is 7.46. The minimum absolute atomic E-state index is 0.0799. The molecule has 8 heteroatoms. The van der Waals surface area contributed by atoms with Gasteiger partial charge in [0, 0.05) is 22.0 Å². The zero-order valence-electron chi connectivity index (χ0n) is 14.2. The van der Waals surface area contributed by atoms with Crippen molar-refractivity contribution >= 4 is 34.9 Å². The van der Waals surface area contributed by atoms with Crippen LogP contribution in [0.4, 0.5) is 4.39 Å². The first-order chi connectivity index (χ1) is 13.0. The first kappa shape index (κ1) is 19.1. The van der Waals surface area contributed by atoms with Gasteiger partial charge in [0.15, 0.2) is 4.80 Å². The lowest BCUT2D eigenvalue weighted by molar-refractivity contribution is -0.115. The average molecular weight is 401 g/mol. The molecular weight excluding hydrogens is 385 g/mol. The summed E-state index contributed by atoms with van der Waals surface area (Å²) in [7, 11) is 0. The van der Waals surface area contributed by atoms with Crippen molar-refractivity contribution in [2.75, 3.05) is 5.75 Å². The van der Waals surface area contributed by atoms with Crippen LogP contribution in [-0.4, -0.2) is 22.1 Å². The Hall–Kier alpha value is -2.71. The summed E-state index contributed by atoms with van der Waals surface area (Å²) in [6.07, 6.45) is 1.76. The van der Waals surface area contributed by atoms with Crippen LogP contribution in [-0.2, 0) is 11.3 Å². The van der Waals surface area contributed by atoms with Crippen LogP contribution in [0.1, 0.15) is 15.9 Å². The molecule has 0 aliphatic carbocycles. The van der Waals surface area contributed by atoms with Crippen molar-refractivity contribution in [2.24, 2.45) is 10.7 Å². The van der Waals surface area contributed by atoms with E-state index >= 15 is 0 Å². The number of thiazole rings is 1. The van der Waals surface area contributed by atoms with E-state index in [1.165, 1.54) is 29.2 Å². The number of rotatable bonds is 6. The van der Waals surface area contributed by atoms with Crippen LogP contribution in [0.15, 0.2) is 70.0 Å². The number of primary amides is 1. The van der Waals surface area contributed by atoms with E-state index in [0.717, 1.165) is 0 Å². The zero-order chi connectivity index (χ0) is 19.2. The molecule has 0 bridgehead atoms. The molecule has 0 atom stereocenters. The van der Waals surface area contributed by atoms with Crippen molar-refractivity contribution in [3.05, 3.63) is 81.9 Å². The molecule has 3 aromatic rings. The first-order valence-electron chi connectivity index (χ1n) is 8.01. The lowest BCUT2D eigenvalue weighted by Crippen LogP contribution is -2.18. The molecule has 0 unspecified atom stereocenters. The Balaban J connectivity index is 1.88. The number of carbonyl (C=O) groups excluding carboxylic acids is 2. The van der Waals surface area contributed by atoms with Gasteiger partial charge in [0.05, 0.1) is 17.9 Å². The van der Waals surface area contributed by atoms with Gasteiger partial charge in [0.25, 0.3) is 5.91 Å². The number of hydrogen-bond donors (Lipinski definition) is 1. The largest absolute Gasteiger partial charge is 0.369 e. The van der Waals surface area contributed by atoms with Gasteiger partial charge >= 0.3 is 0 Å². The molecule has 0 saturated carbocycles. The van der Waals surface area contributed by atoms with Gasteiger partial charge < -0.3 is 10.3 Å². The molecule has 0 fully saturated rings. The summed E-state index contributed by atoms with van der Waals surface area (Å²) < 4.78 is 15.6. The summed E-state index contributed by atoms with van der Waals surface area (Å²) >= 11 is 2.49. The van der Waals surface area contributed by atoms with Gasteiger partial charge in [-0.1, -0.05) is 30.3 Å². The minimum atomic E-state index is -0.458. The van der Waals surface area contributed by atoms with Crippen LogP contribution in [0.3, 0.4) is 0 Å². The third-order valence-corrected chi connectivity index (χ3v) is 5.53. The summed E-state index contributed by atoms with van der Waals surface area (Å²) in [5, 5.41) is 1.79. The number of hydrogen-bond acceptors (Lipinski definition) is 4. The van der Waals surface area contributed by atoms with E-state index in [9.17, 15) is 14.0 Å². The number of halogens is 1. The van der Waals surface area contributed by atoms with Crippen LogP contribution in [0.5, 0.6) is 0 Å². The van der Waals surface area contributed by atoms with E-state index in [-0.39, 0.29) is 18.1 Å².